The summed E-state index contributed by atoms with van der Waals surface area (Å²) in [5.41, 5.74) is 5.21. The van der Waals surface area contributed by atoms with Crippen LogP contribution >= 0.6 is 11.3 Å². The van der Waals surface area contributed by atoms with Crippen molar-refractivity contribution in [2.45, 2.75) is 45.2 Å². The van der Waals surface area contributed by atoms with Crippen LogP contribution in [0.15, 0.2) is 30.3 Å². The second-order valence-corrected chi connectivity index (χ2v) is 9.01. The third-order valence-electron chi connectivity index (χ3n) is 5.66. The number of esters is 1. The van der Waals surface area contributed by atoms with Crippen LogP contribution in [-0.4, -0.2) is 35.9 Å². The van der Waals surface area contributed by atoms with Gasteiger partial charge in [-0.25, -0.2) is 9.80 Å². The molecule has 8 heteroatoms. The molecule has 0 bridgehead atoms. The minimum absolute atomic E-state index is 0.0777. The molecule has 1 aromatic carbocycles. The lowest BCUT2D eigenvalue weighted by Crippen LogP contribution is -2.43. The first-order valence-electron chi connectivity index (χ1n) is 10.1. The lowest BCUT2D eigenvalue weighted by molar-refractivity contribution is -0.121. The van der Waals surface area contributed by atoms with E-state index >= 15 is 0 Å². The number of hydrogen-bond donors (Lipinski definition) is 2. The van der Waals surface area contributed by atoms with E-state index in [9.17, 15) is 14.4 Å². The van der Waals surface area contributed by atoms with E-state index in [0.29, 0.717) is 23.0 Å². The van der Waals surface area contributed by atoms with E-state index < -0.39 is 12.0 Å². The highest BCUT2D eigenvalue weighted by atomic mass is 32.1. The van der Waals surface area contributed by atoms with E-state index in [1.807, 2.05) is 30.3 Å². The number of rotatable bonds is 5. The summed E-state index contributed by atoms with van der Waals surface area (Å²) in [5, 5.41) is 5.09. The number of carbonyl (C=O) groups excluding carboxylic acids is 3. The molecule has 158 valence electrons. The van der Waals surface area contributed by atoms with E-state index in [2.05, 4.69) is 17.7 Å². The van der Waals surface area contributed by atoms with Crippen molar-refractivity contribution in [1.82, 2.24) is 10.4 Å². The molecular formula is C22H25N3O4S. The SMILES string of the molecule is COC(=O)c1c(NC(=O)[C@@H]2CC(=O)NN2Cc2ccccc2)sc2c1CC[C@H](C)C2. The van der Waals surface area contributed by atoms with Crippen LogP contribution < -0.4 is 10.7 Å². The molecular weight excluding hydrogens is 402 g/mol. The van der Waals surface area contributed by atoms with E-state index in [-0.39, 0.29) is 18.2 Å². The Morgan fingerprint density at radius 1 is 1.27 bits per heavy atom. The lowest BCUT2D eigenvalue weighted by Gasteiger charge is -2.22. The maximum Gasteiger partial charge on any atom is 0.341 e. The molecule has 0 unspecified atom stereocenters. The number of hydrazine groups is 1. The van der Waals surface area contributed by atoms with Gasteiger partial charge in [-0.1, -0.05) is 37.3 Å². The normalized spacial score (nSPS) is 21.1. The van der Waals surface area contributed by atoms with Crippen molar-refractivity contribution < 1.29 is 19.1 Å². The minimum atomic E-state index is -0.652. The topological polar surface area (TPSA) is 87.7 Å². The van der Waals surface area contributed by atoms with Crippen LogP contribution in [0.1, 0.15) is 46.1 Å². The number of carbonyl (C=O) groups is 3. The molecule has 1 aliphatic carbocycles. The Balaban J connectivity index is 1.57. The van der Waals surface area contributed by atoms with Gasteiger partial charge in [0, 0.05) is 11.4 Å². The van der Waals surface area contributed by atoms with Crippen molar-refractivity contribution in [2.24, 2.45) is 5.92 Å². The average molecular weight is 428 g/mol. The van der Waals surface area contributed by atoms with Crippen LogP contribution in [0, 0.1) is 5.92 Å². The maximum atomic E-state index is 13.1. The molecule has 2 atom stereocenters. The van der Waals surface area contributed by atoms with Gasteiger partial charge in [0.25, 0.3) is 0 Å². The predicted octanol–water partition coefficient (Wildman–Crippen LogP) is 2.90. The van der Waals surface area contributed by atoms with Gasteiger partial charge in [-0.05, 0) is 36.3 Å². The van der Waals surface area contributed by atoms with Gasteiger partial charge in [0.05, 0.1) is 19.1 Å². The highest BCUT2D eigenvalue weighted by Crippen LogP contribution is 2.40. The van der Waals surface area contributed by atoms with E-state index in [1.165, 1.54) is 18.4 Å². The second-order valence-electron chi connectivity index (χ2n) is 7.91. The van der Waals surface area contributed by atoms with Crippen molar-refractivity contribution in [3.8, 4) is 0 Å². The largest absolute Gasteiger partial charge is 0.465 e. The summed E-state index contributed by atoms with van der Waals surface area (Å²) in [6.45, 7) is 2.61. The Hall–Kier alpha value is -2.71. The molecule has 2 amide bonds. The van der Waals surface area contributed by atoms with Crippen LogP contribution in [-0.2, 0) is 33.7 Å². The number of anilines is 1. The lowest BCUT2D eigenvalue weighted by atomic mass is 9.88. The average Bonchev–Trinajstić information content (AvgIpc) is 3.27. The molecule has 2 aromatic rings. The predicted molar refractivity (Wildman–Crippen MR) is 114 cm³/mol. The molecule has 1 aromatic heterocycles. The zero-order chi connectivity index (χ0) is 21.3. The van der Waals surface area contributed by atoms with Crippen molar-refractivity contribution >= 4 is 34.1 Å². The van der Waals surface area contributed by atoms with Gasteiger partial charge >= 0.3 is 5.97 Å². The standard InChI is InChI=1S/C22H25N3O4S/c1-13-8-9-15-17(10-13)30-21(19(15)22(28)29-2)23-20(27)16-11-18(26)24-25(16)12-14-6-4-3-5-7-14/h3-7,13,16H,8-12H2,1-2H3,(H,23,27)(H,24,26)/t13-,16-/m0/s1. The monoisotopic (exact) mass is 427 g/mol. The van der Waals surface area contributed by atoms with Crippen LogP contribution in [0.25, 0.3) is 0 Å². The van der Waals surface area contributed by atoms with Crippen molar-refractivity contribution in [1.29, 1.82) is 0 Å². The highest BCUT2D eigenvalue weighted by molar-refractivity contribution is 7.17. The molecule has 4 rings (SSSR count). The van der Waals surface area contributed by atoms with Crippen LogP contribution in [0.3, 0.4) is 0 Å². The van der Waals surface area contributed by atoms with Gasteiger partial charge < -0.3 is 10.1 Å². The minimum Gasteiger partial charge on any atom is -0.465 e. The van der Waals surface area contributed by atoms with Crippen molar-refractivity contribution in [3.63, 3.8) is 0 Å². The molecule has 1 aliphatic heterocycles. The third kappa shape index (κ3) is 4.11. The summed E-state index contributed by atoms with van der Waals surface area (Å²) < 4.78 is 4.99. The Morgan fingerprint density at radius 2 is 2.03 bits per heavy atom. The molecule has 2 aliphatic rings. The van der Waals surface area contributed by atoms with Gasteiger partial charge in [0.1, 0.15) is 11.0 Å². The number of amides is 2. The number of nitrogens with one attached hydrogen (secondary N) is 2. The number of benzene rings is 1. The van der Waals surface area contributed by atoms with Gasteiger partial charge in [-0.3, -0.25) is 15.0 Å². The Bertz CT molecular complexity index is 972. The van der Waals surface area contributed by atoms with Crippen LogP contribution in [0.5, 0.6) is 0 Å². The third-order valence-corrected chi connectivity index (χ3v) is 6.83. The second kappa shape index (κ2) is 8.57. The number of thiophene rings is 1. The molecule has 0 radical (unpaired) electrons. The zero-order valence-electron chi connectivity index (χ0n) is 17.1. The molecule has 0 saturated carbocycles. The van der Waals surface area contributed by atoms with Crippen LogP contribution in [0.2, 0.25) is 0 Å². The summed E-state index contributed by atoms with van der Waals surface area (Å²) in [6.07, 6.45) is 2.78. The molecule has 2 heterocycles. The van der Waals surface area contributed by atoms with Crippen molar-refractivity contribution in [2.75, 3.05) is 12.4 Å². The van der Waals surface area contributed by atoms with Gasteiger partial charge in [0.2, 0.25) is 11.8 Å². The number of hydrogen-bond acceptors (Lipinski definition) is 6. The number of ether oxygens (including phenoxy) is 1. The fourth-order valence-corrected chi connectivity index (χ4v) is 5.49. The summed E-state index contributed by atoms with van der Waals surface area (Å²) >= 11 is 1.45. The fourth-order valence-electron chi connectivity index (χ4n) is 4.09. The molecule has 7 nitrogen and oxygen atoms in total. The smallest absolute Gasteiger partial charge is 0.341 e. The fraction of sp³-hybridized carbons (Fsp3) is 0.409. The zero-order valence-corrected chi connectivity index (χ0v) is 17.9. The van der Waals surface area contributed by atoms with E-state index in [0.717, 1.165) is 35.3 Å². The number of nitrogens with zero attached hydrogens (tertiary/aromatic N) is 1. The Morgan fingerprint density at radius 3 is 2.77 bits per heavy atom. The first kappa shape index (κ1) is 20.6. The first-order chi connectivity index (χ1) is 14.5. The summed E-state index contributed by atoms with van der Waals surface area (Å²) in [6, 6.07) is 9.00. The number of fused-ring (bicyclic) bond motifs is 1. The Labute approximate surface area is 179 Å². The van der Waals surface area contributed by atoms with Crippen LogP contribution in [0.4, 0.5) is 5.00 Å². The quantitative estimate of drug-likeness (QED) is 0.717. The summed E-state index contributed by atoms with van der Waals surface area (Å²) in [7, 11) is 1.35. The van der Waals surface area contributed by atoms with E-state index in [4.69, 9.17) is 4.74 Å². The molecule has 2 N–H and O–H groups in total. The molecule has 0 spiro atoms. The van der Waals surface area contributed by atoms with Gasteiger partial charge in [-0.2, -0.15) is 0 Å². The first-order valence-corrected chi connectivity index (χ1v) is 10.9. The molecule has 1 saturated heterocycles. The van der Waals surface area contributed by atoms with Crippen molar-refractivity contribution in [3.05, 3.63) is 51.9 Å². The van der Waals surface area contributed by atoms with E-state index in [1.54, 1.807) is 5.01 Å². The summed E-state index contributed by atoms with van der Waals surface area (Å²) in [4.78, 5) is 38.7. The molecule has 30 heavy (non-hydrogen) atoms. The molecule has 1 fully saturated rings. The maximum absolute atomic E-state index is 13.1. The number of methoxy groups -OCH3 is 1. The van der Waals surface area contributed by atoms with Gasteiger partial charge in [-0.15, -0.1) is 11.3 Å². The van der Waals surface area contributed by atoms with Gasteiger partial charge in [0.15, 0.2) is 0 Å². The highest BCUT2D eigenvalue weighted by Gasteiger charge is 2.37. The summed E-state index contributed by atoms with van der Waals surface area (Å²) in [5.74, 6) is -0.387. The Kier molecular flexibility index (Phi) is 5.87.